The van der Waals surface area contributed by atoms with E-state index in [1.165, 1.54) is 12.1 Å². The quantitative estimate of drug-likeness (QED) is 0.883. The smallest absolute Gasteiger partial charge is 0.405 e. The van der Waals surface area contributed by atoms with E-state index in [2.05, 4.69) is 4.74 Å². The van der Waals surface area contributed by atoms with Crippen LogP contribution in [0, 0.1) is 0 Å². The molecular formula is C12H14F3NO. The highest BCUT2D eigenvalue weighted by atomic mass is 19.4. The molecule has 94 valence electrons. The molecule has 0 unspecified atom stereocenters. The summed E-state index contributed by atoms with van der Waals surface area (Å²) in [6.07, 6.45) is -2.36. The first-order chi connectivity index (χ1) is 7.96. The minimum atomic E-state index is -4.68. The summed E-state index contributed by atoms with van der Waals surface area (Å²) in [5.74, 6) is -0.209. The van der Waals surface area contributed by atoms with E-state index in [0.717, 1.165) is 5.57 Å². The Hall–Kier alpha value is -1.49. The van der Waals surface area contributed by atoms with Crippen LogP contribution < -0.4 is 10.5 Å². The van der Waals surface area contributed by atoms with Gasteiger partial charge in [-0.25, -0.2) is 0 Å². The van der Waals surface area contributed by atoms with Gasteiger partial charge < -0.3 is 10.5 Å². The Morgan fingerprint density at radius 3 is 2.53 bits per heavy atom. The average molecular weight is 245 g/mol. The number of rotatable bonds is 4. The Balaban J connectivity index is 3.04. The third-order valence-electron chi connectivity index (χ3n) is 2.22. The lowest BCUT2D eigenvalue weighted by Gasteiger charge is -2.11. The van der Waals surface area contributed by atoms with Crippen LogP contribution in [0.5, 0.6) is 5.75 Å². The van der Waals surface area contributed by atoms with E-state index in [-0.39, 0.29) is 5.75 Å². The summed E-state index contributed by atoms with van der Waals surface area (Å²) < 4.78 is 40.4. The zero-order valence-corrected chi connectivity index (χ0v) is 9.42. The Morgan fingerprint density at radius 2 is 2.00 bits per heavy atom. The molecule has 0 spiro atoms. The fourth-order valence-electron chi connectivity index (χ4n) is 1.34. The maximum absolute atomic E-state index is 12.2. The maximum atomic E-state index is 12.2. The van der Waals surface area contributed by atoms with Crippen molar-refractivity contribution in [2.45, 2.75) is 19.7 Å². The first-order valence-corrected chi connectivity index (χ1v) is 5.20. The molecule has 0 aliphatic heterocycles. The highest BCUT2D eigenvalue weighted by Gasteiger charge is 2.31. The number of benzene rings is 1. The number of nitrogens with two attached hydrogens (primary N) is 1. The molecule has 1 aromatic carbocycles. The van der Waals surface area contributed by atoms with Crippen LogP contribution in [0.4, 0.5) is 13.2 Å². The largest absolute Gasteiger partial charge is 0.573 e. The fraction of sp³-hybridized carbons (Fsp3) is 0.333. The number of hydrogen-bond donors (Lipinski definition) is 1. The van der Waals surface area contributed by atoms with E-state index in [4.69, 9.17) is 5.73 Å². The van der Waals surface area contributed by atoms with E-state index in [0.29, 0.717) is 18.5 Å². The van der Waals surface area contributed by atoms with E-state index in [1.54, 1.807) is 18.2 Å². The van der Waals surface area contributed by atoms with Gasteiger partial charge in [-0.1, -0.05) is 36.8 Å². The van der Waals surface area contributed by atoms with Crippen LogP contribution in [0.1, 0.15) is 18.9 Å². The molecule has 0 fully saturated rings. The summed E-state index contributed by atoms with van der Waals surface area (Å²) in [6.45, 7) is 2.21. The van der Waals surface area contributed by atoms with Crippen molar-refractivity contribution in [2.75, 3.05) is 6.54 Å². The molecule has 0 bridgehead atoms. The van der Waals surface area contributed by atoms with Crippen molar-refractivity contribution in [3.8, 4) is 5.75 Å². The van der Waals surface area contributed by atoms with Crippen LogP contribution >= 0.6 is 0 Å². The predicted octanol–water partition coefficient (Wildman–Crippen LogP) is 3.34. The molecule has 5 heteroatoms. The third kappa shape index (κ3) is 4.48. The highest BCUT2D eigenvalue weighted by molar-refractivity contribution is 5.60. The zero-order valence-electron chi connectivity index (χ0n) is 9.42. The molecule has 0 atom stereocenters. The molecule has 0 aliphatic carbocycles. The standard InChI is InChI=1S/C12H14F3NO/c1-2-9(8-16)7-10-5-3-4-6-11(10)17-12(13,14)15/h3-7H,2,8,16H2,1H3. The molecule has 0 aliphatic rings. The summed E-state index contributed by atoms with van der Waals surface area (Å²) in [6, 6.07) is 5.99. The number of ether oxygens (including phenoxy) is 1. The molecule has 1 aromatic rings. The number of alkyl halides is 3. The van der Waals surface area contributed by atoms with Gasteiger partial charge in [0.1, 0.15) is 5.75 Å². The Bertz CT molecular complexity index is 393. The molecule has 0 heterocycles. The van der Waals surface area contributed by atoms with Crippen LogP contribution in [0.15, 0.2) is 29.8 Å². The van der Waals surface area contributed by atoms with E-state index < -0.39 is 6.36 Å². The van der Waals surface area contributed by atoms with Crippen molar-refractivity contribution in [1.82, 2.24) is 0 Å². The molecule has 0 radical (unpaired) electrons. The minimum Gasteiger partial charge on any atom is -0.405 e. The van der Waals surface area contributed by atoms with Crippen molar-refractivity contribution >= 4 is 6.08 Å². The lowest BCUT2D eigenvalue weighted by molar-refractivity contribution is -0.274. The lowest BCUT2D eigenvalue weighted by Crippen LogP contribution is -2.17. The molecule has 2 N–H and O–H groups in total. The van der Waals surface area contributed by atoms with Gasteiger partial charge in [0.25, 0.3) is 0 Å². The zero-order chi connectivity index (χ0) is 12.9. The van der Waals surface area contributed by atoms with Gasteiger partial charge in [0.15, 0.2) is 0 Å². The van der Waals surface area contributed by atoms with Crippen molar-refractivity contribution < 1.29 is 17.9 Å². The number of hydrogen-bond acceptors (Lipinski definition) is 2. The highest BCUT2D eigenvalue weighted by Crippen LogP contribution is 2.27. The average Bonchev–Trinajstić information content (AvgIpc) is 2.26. The molecule has 0 aromatic heterocycles. The van der Waals surface area contributed by atoms with Gasteiger partial charge in [0.2, 0.25) is 0 Å². The summed E-state index contributed by atoms with van der Waals surface area (Å²) in [4.78, 5) is 0. The van der Waals surface area contributed by atoms with E-state index >= 15 is 0 Å². The maximum Gasteiger partial charge on any atom is 0.573 e. The third-order valence-corrected chi connectivity index (χ3v) is 2.22. The Labute approximate surface area is 97.9 Å². The number of para-hydroxylation sites is 1. The first-order valence-electron chi connectivity index (χ1n) is 5.20. The van der Waals surface area contributed by atoms with Crippen molar-refractivity contribution in [3.05, 3.63) is 35.4 Å². The summed E-state index contributed by atoms with van der Waals surface area (Å²) in [5, 5.41) is 0. The Kier molecular flexibility index (Phi) is 4.57. The summed E-state index contributed by atoms with van der Waals surface area (Å²) in [7, 11) is 0. The molecule has 1 rings (SSSR count). The minimum absolute atomic E-state index is 0.209. The van der Waals surface area contributed by atoms with Gasteiger partial charge in [-0.05, 0) is 12.5 Å². The fourth-order valence-corrected chi connectivity index (χ4v) is 1.34. The first kappa shape index (κ1) is 13.6. The molecule has 17 heavy (non-hydrogen) atoms. The molecule has 2 nitrogen and oxygen atoms in total. The topological polar surface area (TPSA) is 35.2 Å². The van der Waals surface area contributed by atoms with Crippen molar-refractivity contribution in [1.29, 1.82) is 0 Å². The van der Waals surface area contributed by atoms with E-state index in [9.17, 15) is 13.2 Å². The second-order valence-electron chi connectivity index (χ2n) is 3.45. The second-order valence-corrected chi connectivity index (χ2v) is 3.45. The van der Waals surface area contributed by atoms with Crippen molar-refractivity contribution in [2.24, 2.45) is 5.73 Å². The number of halogens is 3. The molecule has 0 saturated heterocycles. The lowest BCUT2D eigenvalue weighted by atomic mass is 10.1. The van der Waals surface area contributed by atoms with Gasteiger partial charge in [-0.15, -0.1) is 13.2 Å². The second kappa shape index (κ2) is 5.72. The predicted molar refractivity (Wildman–Crippen MR) is 60.4 cm³/mol. The van der Waals surface area contributed by atoms with Gasteiger partial charge >= 0.3 is 6.36 Å². The van der Waals surface area contributed by atoms with E-state index in [1.807, 2.05) is 6.92 Å². The summed E-state index contributed by atoms with van der Waals surface area (Å²) in [5.41, 5.74) is 6.72. The van der Waals surface area contributed by atoms with Gasteiger partial charge in [0, 0.05) is 12.1 Å². The molecule has 0 amide bonds. The SMILES string of the molecule is CCC(=Cc1ccccc1OC(F)(F)F)CN. The van der Waals surface area contributed by atoms with Crippen LogP contribution in [0.3, 0.4) is 0 Å². The monoisotopic (exact) mass is 245 g/mol. The summed E-state index contributed by atoms with van der Waals surface area (Å²) >= 11 is 0. The van der Waals surface area contributed by atoms with Crippen LogP contribution in [-0.2, 0) is 0 Å². The van der Waals surface area contributed by atoms with Gasteiger partial charge in [-0.3, -0.25) is 0 Å². The van der Waals surface area contributed by atoms with Gasteiger partial charge in [0.05, 0.1) is 0 Å². The van der Waals surface area contributed by atoms with Crippen LogP contribution in [0.25, 0.3) is 6.08 Å². The molecule has 0 saturated carbocycles. The van der Waals surface area contributed by atoms with Crippen molar-refractivity contribution in [3.63, 3.8) is 0 Å². The molecular weight excluding hydrogens is 231 g/mol. The Morgan fingerprint density at radius 1 is 1.35 bits per heavy atom. The van der Waals surface area contributed by atoms with Gasteiger partial charge in [-0.2, -0.15) is 0 Å². The van der Waals surface area contributed by atoms with Crippen LogP contribution in [-0.4, -0.2) is 12.9 Å². The van der Waals surface area contributed by atoms with Crippen LogP contribution in [0.2, 0.25) is 0 Å². The normalized spacial score (nSPS) is 12.6.